The smallest absolute Gasteiger partial charge is 0.220 e. The van der Waals surface area contributed by atoms with Crippen molar-refractivity contribution in [2.24, 2.45) is 0 Å². The first-order chi connectivity index (χ1) is 11.5. The molecule has 0 bridgehead atoms. The van der Waals surface area contributed by atoms with Crippen molar-refractivity contribution in [2.75, 3.05) is 20.1 Å². The van der Waals surface area contributed by atoms with Crippen molar-refractivity contribution in [1.82, 2.24) is 10.2 Å². The Labute approximate surface area is 145 Å². The van der Waals surface area contributed by atoms with Gasteiger partial charge in [-0.25, -0.2) is 0 Å². The average Bonchev–Trinajstić information content (AvgIpc) is 2.56. The first-order valence-electron chi connectivity index (χ1n) is 8.89. The quantitative estimate of drug-likeness (QED) is 0.713. The number of nitrogens with one attached hydrogen (secondary N) is 1. The molecule has 1 aromatic carbocycles. The first-order valence-corrected chi connectivity index (χ1v) is 8.89. The molecule has 0 unspecified atom stereocenters. The molecule has 0 aromatic heterocycles. The van der Waals surface area contributed by atoms with E-state index in [1.807, 2.05) is 37.3 Å². The van der Waals surface area contributed by atoms with Crippen LogP contribution in [0.4, 0.5) is 0 Å². The number of hydrogen-bond donors (Lipinski definition) is 2. The third kappa shape index (κ3) is 6.59. The summed E-state index contributed by atoms with van der Waals surface area (Å²) in [5.41, 5.74) is 1.19. The maximum absolute atomic E-state index is 11.9. The monoisotopic (exact) mass is 334 g/mol. The number of ether oxygens (including phenoxy) is 1. The van der Waals surface area contributed by atoms with E-state index in [2.05, 4.69) is 17.3 Å². The highest BCUT2D eigenvalue weighted by molar-refractivity contribution is 5.76. The second kappa shape index (κ2) is 9.77. The van der Waals surface area contributed by atoms with Gasteiger partial charge in [-0.05, 0) is 45.3 Å². The summed E-state index contributed by atoms with van der Waals surface area (Å²) >= 11 is 0. The zero-order chi connectivity index (χ0) is 17.4. The minimum Gasteiger partial charge on any atom is -0.368 e. The Morgan fingerprint density at radius 2 is 2.08 bits per heavy atom. The van der Waals surface area contributed by atoms with Crippen LogP contribution in [0.2, 0.25) is 0 Å². The van der Waals surface area contributed by atoms with Crippen LogP contribution in [0.15, 0.2) is 30.3 Å². The lowest BCUT2D eigenvalue weighted by atomic mass is 10.0. The fraction of sp³-hybridized carbons (Fsp3) is 0.632. The molecule has 2 rings (SSSR count). The molecule has 1 aliphatic rings. The number of carbonyl (C=O) groups excluding carboxylic acids is 1. The van der Waals surface area contributed by atoms with Gasteiger partial charge in [0, 0.05) is 25.4 Å². The SMILES string of the molecule is C[C@@H]1C[C@H](N(C)CCCNC(=O)CCc2ccccc2)C[C@H](O)O1. The van der Waals surface area contributed by atoms with Gasteiger partial charge in [0.2, 0.25) is 5.91 Å². The Balaban J connectivity index is 1.57. The minimum absolute atomic E-state index is 0.0962. The number of carbonyl (C=O) groups is 1. The third-order valence-electron chi connectivity index (χ3n) is 4.58. The number of aliphatic hydroxyl groups is 1. The fourth-order valence-electron chi connectivity index (χ4n) is 3.18. The van der Waals surface area contributed by atoms with E-state index in [0.29, 0.717) is 25.4 Å². The molecule has 5 heteroatoms. The molecule has 1 aromatic rings. The predicted molar refractivity (Wildman–Crippen MR) is 94.6 cm³/mol. The predicted octanol–water partition coefficient (Wildman–Crippen LogP) is 1.94. The highest BCUT2D eigenvalue weighted by Crippen LogP contribution is 2.21. The van der Waals surface area contributed by atoms with Crippen molar-refractivity contribution in [3.63, 3.8) is 0 Å². The molecule has 1 amide bonds. The summed E-state index contributed by atoms with van der Waals surface area (Å²) in [6, 6.07) is 10.4. The summed E-state index contributed by atoms with van der Waals surface area (Å²) in [6.07, 6.45) is 3.27. The summed E-state index contributed by atoms with van der Waals surface area (Å²) in [6.45, 7) is 3.60. The maximum Gasteiger partial charge on any atom is 0.220 e. The van der Waals surface area contributed by atoms with Crippen LogP contribution in [0.3, 0.4) is 0 Å². The van der Waals surface area contributed by atoms with Gasteiger partial charge >= 0.3 is 0 Å². The number of hydrogen-bond acceptors (Lipinski definition) is 4. The zero-order valence-electron chi connectivity index (χ0n) is 14.8. The fourth-order valence-corrected chi connectivity index (χ4v) is 3.18. The van der Waals surface area contributed by atoms with Gasteiger partial charge in [-0.15, -0.1) is 0 Å². The highest BCUT2D eigenvalue weighted by Gasteiger charge is 2.27. The Morgan fingerprint density at radius 3 is 2.79 bits per heavy atom. The van der Waals surface area contributed by atoms with Crippen molar-refractivity contribution in [2.45, 2.75) is 57.5 Å². The topological polar surface area (TPSA) is 61.8 Å². The van der Waals surface area contributed by atoms with Crippen LogP contribution in [0, 0.1) is 0 Å². The van der Waals surface area contributed by atoms with Crippen molar-refractivity contribution < 1.29 is 14.6 Å². The summed E-state index contributed by atoms with van der Waals surface area (Å²) < 4.78 is 5.36. The van der Waals surface area contributed by atoms with Gasteiger partial charge in [0.25, 0.3) is 0 Å². The van der Waals surface area contributed by atoms with E-state index in [-0.39, 0.29) is 12.0 Å². The maximum atomic E-state index is 11.9. The van der Waals surface area contributed by atoms with E-state index in [1.54, 1.807) is 0 Å². The molecule has 134 valence electrons. The Bertz CT molecular complexity index is 485. The van der Waals surface area contributed by atoms with E-state index in [1.165, 1.54) is 5.56 Å². The van der Waals surface area contributed by atoms with Crippen LogP contribution < -0.4 is 5.32 Å². The summed E-state index contributed by atoms with van der Waals surface area (Å²) in [7, 11) is 2.08. The number of aryl methyl sites for hydroxylation is 1. The van der Waals surface area contributed by atoms with Crippen LogP contribution in [-0.4, -0.2) is 54.5 Å². The molecule has 3 atom stereocenters. The molecule has 5 nitrogen and oxygen atoms in total. The van der Waals surface area contributed by atoms with Crippen LogP contribution in [-0.2, 0) is 16.0 Å². The number of aliphatic hydroxyl groups excluding tert-OH is 1. The largest absolute Gasteiger partial charge is 0.368 e. The molecular weight excluding hydrogens is 304 g/mol. The van der Waals surface area contributed by atoms with Crippen LogP contribution in [0.5, 0.6) is 0 Å². The second-order valence-corrected chi connectivity index (χ2v) is 6.70. The van der Waals surface area contributed by atoms with E-state index in [9.17, 15) is 9.90 Å². The lowest BCUT2D eigenvalue weighted by Gasteiger charge is -2.36. The normalized spacial score (nSPS) is 24.1. The molecule has 1 saturated heterocycles. The van der Waals surface area contributed by atoms with E-state index >= 15 is 0 Å². The molecule has 1 fully saturated rings. The lowest BCUT2D eigenvalue weighted by Crippen LogP contribution is -2.44. The van der Waals surface area contributed by atoms with E-state index in [0.717, 1.165) is 25.8 Å². The van der Waals surface area contributed by atoms with Gasteiger partial charge in [0.15, 0.2) is 6.29 Å². The number of nitrogens with zero attached hydrogens (tertiary/aromatic N) is 1. The molecule has 2 N–H and O–H groups in total. The van der Waals surface area contributed by atoms with Gasteiger partial charge in [-0.2, -0.15) is 0 Å². The number of benzene rings is 1. The first kappa shape index (κ1) is 18.9. The molecule has 1 aliphatic heterocycles. The Kier molecular flexibility index (Phi) is 7.69. The zero-order valence-corrected chi connectivity index (χ0v) is 14.8. The molecule has 0 spiro atoms. The standard InChI is InChI=1S/C19H30N2O3/c1-15-13-17(14-19(23)24-15)21(2)12-6-11-20-18(22)10-9-16-7-4-3-5-8-16/h3-5,7-8,15,17,19,23H,6,9-14H2,1-2H3,(H,20,22)/t15-,17+,19-/m1/s1. The van der Waals surface area contributed by atoms with Crippen molar-refractivity contribution in [3.8, 4) is 0 Å². The molecule has 1 heterocycles. The summed E-state index contributed by atoms with van der Waals surface area (Å²) in [5, 5.41) is 12.7. The van der Waals surface area contributed by atoms with Gasteiger partial charge in [0.1, 0.15) is 0 Å². The third-order valence-corrected chi connectivity index (χ3v) is 4.58. The van der Waals surface area contributed by atoms with Crippen LogP contribution in [0.25, 0.3) is 0 Å². The van der Waals surface area contributed by atoms with Crippen LogP contribution in [0.1, 0.15) is 38.2 Å². The summed E-state index contributed by atoms with van der Waals surface area (Å²) in [5.74, 6) is 0.108. The highest BCUT2D eigenvalue weighted by atomic mass is 16.6. The second-order valence-electron chi connectivity index (χ2n) is 6.70. The van der Waals surface area contributed by atoms with Gasteiger partial charge in [0.05, 0.1) is 6.10 Å². The Morgan fingerprint density at radius 1 is 1.33 bits per heavy atom. The van der Waals surface area contributed by atoms with Crippen LogP contribution >= 0.6 is 0 Å². The van der Waals surface area contributed by atoms with Gasteiger partial charge < -0.3 is 20.1 Å². The van der Waals surface area contributed by atoms with Gasteiger partial charge in [-0.3, -0.25) is 4.79 Å². The van der Waals surface area contributed by atoms with Gasteiger partial charge in [-0.1, -0.05) is 30.3 Å². The average molecular weight is 334 g/mol. The molecular formula is C19H30N2O3. The summed E-state index contributed by atoms with van der Waals surface area (Å²) in [4.78, 5) is 14.1. The number of amides is 1. The molecule has 0 aliphatic carbocycles. The Hall–Kier alpha value is -1.43. The van der Waals surface area contributed by atoms with E-state index < -0.39 is 6.29 Å². The molecule has 24 heavy (non-hydrogen) atoms. The van der Waals surface area contributed by atoms with Crippen molar-refractivity contribution in [3.05, 3.63) is 35.9 Å². The lowest BCUT2D eigenvalue weighted by molar-refractivity contribution is -0.173. The molecule has 0 saturated carbocycles. The minimum atomic E-state index is -0.654. The van der Waals surface area contributed by atoms with Crippen molar-refractivity contribution in [1.29, 1.82) is 0 Å². The van der Waals surface area contributed by atoms with Crippen molar-refractivity contribution >= 4 is 5.91 Å². The molecule has 0 radical (unpaired) electrons. The van der Waals surface area contributed by atoms with E-state index in [4.69, 9.17) is 4.74 Å². The number of rotatable bonds is 8.